The lowest BCUT2D eigenvalue weighted by atomic mass is 10.2. The predicted octanol–water partition coefficient (Wildman–Crippen LogP) is 1.98. The molecule has 0 bridgehead atoms. The smallest absolute Gasteiger partial charge is 0.154 e. The van der Waals surface area contributed by atoms with E-state index in [0.717, 1.165) is 17.8 Å². The number of pyridine rings is 1. The highest BCUT2D eigenvalue weighted by atomic mass is 14.9. The third-order valence-electron chi connectivity index (χ3n) is 1.40. The lowest BCUT2D eigenvalue weighted by Crippen LogP contribution is -1.82. The maximum absolute atomic E-state index is 4.04. The van der Waals surface area contributed by atoms with Crippen LogP contribution in [-0.4, -0.2) is 11.7 Å². The Kier molecular flexibility index (Phi) is 2.15. The second-order valence-electron chi connectivity index (χ2n) is 2.00. The summed E-state index contributed by atoms with van der Waals surface area (Å²) in [5, 5.41) is 0. The molecule has 1 heterocycles. The van der Waals surface area contributed by atoms with E-state index >= 15 is 0 Å². The molecule has 0 saturated carbocycles. The molecule has 1 aromatic heterocycles. The van der Waals surface area contributed by atoms with Crippen LogP contribution in [-0.2, 0) is 6.42 Å². The van der Waals surface area contributed by atoms with Crippen LogP contribution < -0.4 is 0 Å². The van der Waals surface area contributed by atoms with Crippen LogP contribution in [0.25, 0.3) is 0 Å². The topological polar surface area (TPSA) is 25.2 Å². The number of nitrogens with zero attached hydrogens (tertiary/aromatic N) is 2. The number of hydrogen-bond acceptors (Lipinski definition) is 2. The van der Waals surface area contributed by atoms with E-state index in [9.17, 15) is 0 Å². The van der Waals surface area contributed by atoms with Crippen molar-refractivity contribution >= 4 is 12.5 Å². The minimum Gasteiger partial charge on any atom is -0.245 e. The zero-order chi connectivity index (χ0) is 7.40. The van der Waals surface area contributed by atoms with Crippen molar-refractivity contribution < 1.29 is 0 Å². The highest BCUT2D eigenvalue weighted by molar-refractivity contribution is 5.45. The van der Waals surface area contributed by atoms with Crippen LogP contribution in [0.15, 0.2) is 23.3 Å². The van der Waals surface area contributed by atoms with Gasteiger partial charge in [0.25, 0.3) is 0 Å². The molecule has 0 aliphatic heterocycles. The Labute approximate surface area is 60.6 Å². The van der Waals surface area contributed by atoms with Crippen LogP contribution in [0.1, 0.15) is 12.5 Å². The van der Waals surface area contributed by atoms with Crippen LogP contribution in [0.2, 0.25) is 0 Å². The van der Waals surface area contributed by atoms with Crippen molar-refractivity contribution in [2.45, 2.75) is 13.3 Å². The zero-order valence-corrected chi connectivity index (χ0v) is 6.04. The van der Waals surface area contributed by atoms with Gasteiger partial charge in [-0.2, -0.15) is 0 Å². The van der Waals surface area contributed by atoms with E-state index < -0.39 is 0 Å². The first-order chi connectivity index (χ1) is 4.88. The van der Waals surface area contributed by atoms with Crippen molar-refractivity contribution in [3.8, 4) is 0 Å². The van der Waals surface area contributed by atoms with Crippen molar-refractivity contribution in [1.82, 2.24) is 4.98 Å². The Morgan fingerprint density at radius 2 is 2.50 bits per heavy atom. The summed E-state index contributed by atoms with van der Waals surface area (Å²) in [6, 6.07) is 3.92. The molecule has 0 saturated heterocycles. The molecule has 0 aliphatic carbocycles. The van der Waals surface area contributed by atoms with Crippen molar-refractivity contribution in [2.75, 3.05) is 0 Å². The van der Waals surface area contributed by atoms with Crippen molar-refractivity contribution in [3.63, 3.8) is 0 Å². The standard InChI is InChI=1S/C8H10N2/c1-3-7-5-4-6-10-8(7)9-2/h4-6H,2-3H2,1H3. The Morgan fingerprint density at radius 1 is 1.70 bits per heavy atom. The first-order valence-electron chi connectivity index (χ1n) is 3.29. The molecular formula is C8H10N2. The molecule has 0 aromatic carbocycles. The van der Waals surface area contributed by atoms with Gasteiger partial charge in [-0.05, 0) is 24.8 Å². The molecule has 0 N–H and O–H groups in total. The highest BCUT2D eigenvalue weighted by Crippen LogP contribution is 2.13. The van der Waals surface area contributed by atoms with Crippen LogP contribution >= 0.6 is 0 Å². The number of aromatic nitrogens is 1. The molecule has 0 radical (unpaired) electrons. The molecule has 2 nitrogen and oxygen atoms in total. The summed E-state index contributed by atoms with van der Waals surface area (Å²) in [6.07, 6.45) is 2.69. The summed E-state index contributed by atoms with van der Waals surface area (Å²) in [7, 11) is 0. The van der Waals surface area contributed by atoms with Gasteiger partial charge in [0.05, 0.1) is 0 Å². The lowest BCUT2D eigenvalue weighted by Gasteiger charge is -1.97. The third-order valence-corrected chi connectivity index (χ3v) is 1.40. The Hall–Kier alpha value is -1.18. The number of hydrogen-bond donors (Lipinski definition) is 0. The predicted molar refractivity (Wildman–Crippen MR) is 42.8 cm³/mol. The van der Waals surface area contributed by atoms with E-state index in [0.29, 0.717) is 0 Å². The van der Waals surface area contributed by atoms with E-state index in [-0.39, 0.29) is 0 Å². The summed E-state index contributed by atoms with van der Waals surface area (Å²) in [5.41, 5.74) is 1.15. The van der Waals surface area contributed by atoms with Gasteiger partial charge in [0.2, 0.25) is 0 Å². The molecular weight excluding hydrogens is 124 g/mol. The van der Waals surface area contributed by atoms with Crippen LogP contribution in [0.5, 0.6) is 0 Å². The number of aliphatic imine (C=N–C) groups is 1. The van der Waals surface area contributed by atoms with E-state index in [2.05, 4.69) is 23.6 Å². The second-order valence-corrected chi connectivity index (χ2v) is 2.00. The van der Waals surface area contributed by atoms with Crippen molar-refractivity contribution in [3.05, 3.63) is 23.9 Å². The monoisotopic (exact) mass is 134 g/mol. The zero-order valence-electron chi connectivity index (χ0n) is 6.04. The fraction of sp³-hybridized carbons (Fsp3) is 0.250. The van der Waals surface area contributed by atoms with Gasteiger partial charge in [-0.15, -0.1) is 0 Å². The normalized spacial score (nSPS) is 9.30. The SMILES string of the molecule is C=Nc1ncccc1CC. The lowest BCUT2D eigenvalue weighted by molar-refractivity contribution is 1.10. The van der Waals surface area contributed by atoms with Crippen LogP contribution in [0.3, 0.4) is 0 Å². The highest BCUT2D eigenvalue weighted by Gasteiger charge is 1.94. The molecule has 1 rings (SSSR count). The Bertz CT molecular complexity index is 230. The van der Waals surface area contributed by atoms with E-state index in [1.54, 1.807) is 6.20 Å². The van der Waals surface area contributed by atoms with Gasteiger partial charge in [0.15, 0.2) is 5.82 Å². The maximum atomic E-state index is 4.04. The summed E-state index contributed by atoms with van der Waals surface area (Å²) >= 11 is 0. The average Bonchev–Trinajstić information content (AvgIpc) is 2.04. The van der Waals surface area contributed by atoms with Gasteiger partial charge in [-0.25, -0.2) is 9.98 Å². The molecule has 10 heavy (non-hydrogen) atoms. The summed E-state index contributed by atoms with van der Waals surface area (Å²) in [5.74, 6) is 0.755. The van der Waals surface area contributed by atoms with E-state index in [4.69, 9.17) is 0 Å². The first kappa shape index (κ1) is 6.93. The van der Waals surface area contributed by atoms with Gasteiger partial charge in [0, 0.05) is 6.20 Å². The van der Waals surface area contributed by atoms with Crippen LogP contribution in [0.4, 0.5) is 5.82 Å². The van der Waals surface area contributed by atoms with Crippen LogP contribution in [0, 0.1) is 0 Å². The molecule has 1 aromatic rings. The summed E-state index contributed by atoms with van der Waals surface area (Å²) in [4.78, 5) is 7.82. The summed E-state index contributed by atoms with van der Waals surface area (Å²) in [6.45, 7) is 5.50. The molecule has 0 aliphatic rings. The van der Waals surface area contributed by atoms with Gasteiger partial charge in [-0.1, -0.05) is 13.0 Å². The first-order valence-corrected chi connectivity index (χ1v) is 3.29. The molecule has 0 spiro atoms. The molecule has 52 valence electrons. The van der Waals surface area contributed by atoms with Gasteiger partial charge in [0.1, 0.15) is 0 Å². The molecule has 2 heteroatoms. The van der Waals surface area contributed by atoms with E-state index in [1.165, 1.54) is 0 Å². The minimum absolute atomic E-state index is 0.755. The van der Waals surface area contributed by atoms with Crippen molar-refractivity contribution in [2.24, 2.45) is 4.99 Å². The van der Waals surface area contributed by atoms with Gasteiger partial charge < -0.3 is 0 Å². The largest absolute Gasteiger partial charge is 0.245 e. The summed E-state index contributed by atoms with van der Waals surface area (Å²) < 4.78 is 0. The fourth-order valence-electron chi connectivity index (χ4n) is 0.849. The average molecular weight is 134 g/mol. The molecule has 0 amide bonds. The van der Waals surface area contributed by atoms with Gasteiger partial charge >= 0.3 is 0 Å². The molecule has 0 fully saturated rings. The molecule has 0 atom stereocenters. The number of rotatable bonds is 2. The Balaban J connectivity index is 3.08. The fourth-order valence-corrected chi connectivity index (χ4v) is 0.849. The van der Waals surface area contributed by atoms with Crippen molar-refractivity contribution in [1.29, 1.82) is 0 Å². The third kappa shape index (κ3) is 1.21. The second kappa shape index (κ2) is 3.11. The van der Waals surface area contributed by atoms with E-state index in [1.807, 2.05) is 12.1 Å². The maximum Gasteiger partial charge on any atom is 0.154 e. The minimum atomic E-state index is 0.755. The Morgan fingerprint density at radius 3 is 3.00 bits per heavy atom. The number of aryl methyl sites for hydroxylation is 1. The van der Waals surface area contributed by atoms with Gasteiger partial charge in [-0.3, -0.25) is 0 Å². The molecule has 0 unspecified atom stereocenters. The quantitative estimate of drug-likeness (QED) is 0.568.